The number of nitrogens with two attached hydrogens (primary N) is 1. The molecular weight excluding hydrogens is 256 g/mol. The molecule has 0 fully saturated rings. The van der Waals surface area contributed by atoms with Crippen molar-refractivity contribution in [2.75, 3.05) is 24.2 Å². The molecule has 0 radical (unpaired) electrons. The van der Waals surface area contributed by atoms with Gasteiger partial charge < -0.3 is 10.6 Å². The largest absolute Gasteiger partial charge is 0.398 e. The number of anilines is 2. The van der Waals surface area contributed by atoms with Crippen molar-refractivity contribution in [1.82, 2.24) is 4.98 Å². The second-order valence-electron chi connectivity index (χ2n) is 4.57. The minimum absolute atomic E-state index is 0.00996. The first-order chi connectivity index (χ1) is 9.56. The fraction of sp³-hybridized carbons (Fsp3) is 0.214. The Morgan fingerprint density at radius 1 is 1.30 bits per heavy atom. The summed E-state index contributed by atoms with van der Waals surface area (Å²) < 4.78 is 0. The second kappa shape index (κ2) is 6.01. The molecule has 1 aromatic carbocycles. The van der Waals surface area contributed by atoms with Gasteiger partial charge >= 0.3 is 0 Å². The maximum atomic E-state index is 10.8. The van der Waals surface area contributed by atoms with Gasteiger partial charge in [-0.15, -0.1) is 0 Å². The first-order valence-corrected chi connectivity index (χ1v) is 6.21. The van der Waals surface area contributed by atoms with E-state index in [9.17, 15) is 10.1 Å². The molecule has 20 heavy (non-hydrogen) atoms. The quantitative estimate of drug-likeness (QED) is 0.512. The number of likely N-dealkylation sites (N-methyl/N-ethyl adjacent to an activating group) is 1. The fourth-order valence-electron chi connectivity index (χ4n) is 1.92. The number of hydrogen-bond acceptors (Lipinski definition) is 5. The number of nitro groups is 1. The van der Waals surface area contributed by atoms with Crippen molar-refractivity contribution in [3.8, 4) is 0 Å². The Labute approximate surface area is 117 Å². The molecule has 2 N–H and O–H groups in total. The lowest BCUT2D eigenvalue weighted by Crippen LogP contribution is -2.20. The Morgan fingerprint density at radius 2 is 2.00 bits per heavy atom. The van der Waals surface area contributed by atoms with E-state index in [0.29, 0.717) is 5.69 Å². The summed E-state index contributed by atoms with van der Waals surface area (Å²) in [6.07, 6.45) is 4.34. The zero-order valence-electron chi connectivity index (χ0n) is 11.2. The molecule has 0 aliphatic heterocycles. The molecule has 2 rings (SSSR count). The summed E-state index contributed by atoms with van der Waals surface area (Å²) in [5, 5.41) is 10.8. The van der Waals surface area contributed by atoms with Crippen molar-refractivity contribution in [1.29, 1.82) is 0 Å². The van der Waals surface area contributed by atoms with E-state index in [1.54, 1.807) is 18.5 Å². The summed E-state index contributed by atoms with van der Waals surface area (Å²) in [5.74, 6) is 0. The van der Waals surface area contributed by atoms with E-state index in [0.717, 1.165) is 18.7 Å². The Hall–Kier alpha value is -2.63. The van der Waals surface area contributed by atoms with Crippen LogP contribution in [-0.4, -0.2) is 23.5 Å². The van der Waals surface area contributed by atoms with Gasteiger partial charge in [-0.05, 0) is 30.2 Å². The molecule has 0 amide bonds. The van der Waals surface area contributed by atoms with Crippen molar-refractivity contribution in [2.45, 2.75) is 6.42 Å². The maximum absolute atomic E-state index is 10.8. The van der Waals surface area contributed by atoms with Crippen LogP contribution in [0.25, 0.3) is 0 Å². The van der Waals surface area contributed by atoms with Gasteiger partial charge in [-0.25, -0.2) is 0 Å². The summed E-state index contributed by atoms with van der Waals surface area (Å²) in [4.78, 5) is 16.3. The minimum atomic E-state index is -0.434. The number of benzene rings is 1. The predicted molar refractivity (Wildman–Crippen MR) is 78.7 cm³/mol. The number of pyridine rings is 1. The average Bonchev–Trinajstić information content (AvgIpc) is 2.45. The average molecular weight is 272 g/mol. The number of nitrogens with zero attached hydrogens (tertiary/aromatic N) is 3. The van der Waals surface area contributed by atoms with Gasteiger partial charge in [-0.2, -0.15) is 0 Å². The number of nitrogen functional groups attached to an aromatic ring is 1. The first kappa shape index (κ1) is 13.8. The monoisotopic (exact) mass is 272 g/mol. The molecule has 0 bridgehead atoms. The van der Waals surface area contributed by atoms with Crippen LogP contribution in [0.1, 0.15) is 5.56 Å². The van der Waals surface area contributed by atoms with Gasteiger partial charge in [0.25, 0.3) is 5.69 Å². The highest BCUT2D eigenvalue weighted by Crippen LogP contribution is 2.24. The highest BCUT2D eigenvalue weighted by molar-refractivity contribution is 5.62. The van der Waals surface area contributed by atoms with Crippen LogP contribution >= 0.6 is 0 Å². The topological polar surface area (TPSA) is 85.3 Å². The molecule has 2 aromatic rings. The zero-order chi connectivity index (χ0) is 14.5. The van der Waals surface area contributed by atoms with Gasteiger partial charge in [0, 0.05) is 49.5 Å². The number of aromatic nitrogens is 1. The van der Waals surface area contributed by atoms with E-state index in [-0.39, 0.29) is 5.69 Å². The van der Waals surface area contributed by atoms with Crippen molar-refractivity contribution in [2.24, 2.45) is 0 Å². The number of rotatable bonds is 5. The van der Waals surface area contributed by atoms with E-state index in [2.05, 4.69) is 4.98 Å². The molecule has 1 heterocycles. The third-order valence-electron chi connectivity index (χ3n) is 3.06. The van der Waals surface area contributed by atoms with Gasteiger partial charge in [0.15, 0.2) is 0 Å². The van der Waals surface area contributed by atoms with Gasteiger partial charge in [-0.3, -0.25) is 15.1 Å². The highest BCUT2D eigenvalue weighted by atomic mass is 16.6. The van der Waals surface area contributed by atoms with Gasteiger partial charge in [-0.1, -0.05) is 0 Å². The van der Waals surface area contributed by atoms with Crippen LogP contribution in [0.2, 0.25) is 0 Å². The molecule has 0 saturated carbocycles. The van der Waals surface area contributed by atoms with Crippen LogP contribution in [0.15, 0.2) is 42.7 Å². The Kier molecular flexibility index (Phi) is 4.14. The van der Waals surface area contributed by atoms with E-state index in [1.807, 2.05) is 24.1 Å². The first-order valence-electron chi connectivity index (χ1n) is 6.21. The van der Waals surface area contributed by atoms with Crippen LogP contribution in [-0.2, 0) is 6.42 Å². The predicted octanol–water partition coefficient (Wildman–Crippen LogP) is 2.25. The summed E-state index contributed by atoms with van der Waals surface area (Å²) in [7, 11) is 1.89. The lowest BCUT2D eigenvalue weighted by molar-refractivity contribution is -0.384. The van der Waals surface area contributed by atoms with Crippen molar-refractivity contribution < 1.29 is 4.92 Å². The number of hydrogen-bond donors (Lipinski definition) is 1. The molecule has 0 spiro atoms. The molecule has 1 aromatic heterocycles. The Morgan fingerprint density at radius 3 is 2.65 bits per heavy atom. The van der Waals surface area contributed by atoms with Crippen LogP contribution in [0.5, 0.6) is 0 Å². The number of non-ortho nitro benzene ring substituents is 1. The van der Waals surface area contributed by atoms with Crippen molar-refractivity contribution >= 4 is 17.1 Å². The van der Waals surface area contributed by atoms with Gasteiger partial charge in [0.2, 0.25) is 0 Å². The molecular formula is C14H16N4O2. The van der Waals surface area contributed by atoms with Crippen LogP contribution in [0.4, 0.5) is 17.1 Å². The van der Waals surface area contributed by atoms with Crippen molar-refractivity contribution in [3.05, 3.63) is 58.4 Å². The van der Waals surface area contributed by atoms with E-state index in [4.69, 9.17) is 5.73 Å². The smallest absolute Gasteiger partial charge is 0.273 e. The third kappa shape index (κ3) is 3.44. The van der Waals surface area contributed by atoms with Gasteiger partial charge in [0.1, 0.15) is 0 Å². The standard InChI is InChI=1S/C14H16N4O2/c1-17(7-4-11-2-5-16-6-3-11)13-8-12(15)9-14(10-13)18(19)20/h2-3,5-6,8-10H,4,7,15H2,1H3. The minimum Gasteiger partial charge on any atom is -0.398 e. The second-order valence-corrected chi connectivity index (χ2v) is 4.57. The highest BCUT2D eigenvalue weighted by Gasteiger charge is 2.11. The molecule has 0 unspecified atom stereocenters. The number of nitro benzene ring substituents is 1. The zero-order valence-corrected chi connectivity index (χ0v) is 11.2. The fourth-order valence-corrected chi connectivity index (χ4v) is 1.92. The van der Waals surface area contributed by atoms with E-state index >= 15 is 0 Å². The SMILES string of the molecule is CN(CCc1ccncc1)c1cc(N)cc([N+](=O)[O-])c1. The van der Waals surface area contributed by atoms with Crippen LogP contribution in [0.3, 0.4) is 0 Å². The normalized spacial score (nSPS) is 10.2. The van der Waals surface area contributed by atoms with Crippen molar-refractivity contribution in [3.63, 3.8) is 0 Å². The van der Waals surface area contributed by atoms with Crippen LogP contribution in [0, 0.1) is 10.1 Å². The summed E-state index contributed by atoms with van der Waals surface area (Å²) in [6, 6.07) is 8.54. The molecule has 6 nitrogen and oxygen atoms in total. The summed E-state index contributed by atoms with van der Waals surface area (Å²) in [6.45, 7) is 0.741. The lowest BCUT2D eigenvalue weighted by Gasteiger charge is -2.19. The summed E-state index contributed by atoms with van der Waals surface area (Å²) in [5.41, 5.74) is 8.02. The van der Waals surface area contributed by atoms with Crippen LogP contribution < -0.4 is 10.6 Å². The summed E-state index contributed by atoms with van der Waals surface area (Å²) >= 11 is 0. The molecule has 6 heteroatoms. The van der Waals surface area contributed by atoms with E-state index in [1.165, 1.54) is 17.7 Å². The molecule has 0 atom stereocenters. The molecule has 0 saturated heterocycles. The van der Waals surface area contributed by atoms with E-state index < -0.39 is 4.92 Å². The molecule has 104 valence electrons. The molecule has 0 aliphatic rings. The molecule has 0 aliphatic carbocycles. The van der Waals surface area contributed by atoms with Gasteiger partial charge in [0.05, 0.1) is 4.92 Å². The third-order valence-corrected chi connectivity index (χ3v) is 3.06. The lowest BCUT2D eigenvalue weighted by atomic mass is 10.2. The Balaban J connectivity index is 2.09. The maximum Gasteiger partial charge on any atom is 0.273 e. The Bertz CT molecular complexity index is 601.